The van der Waals surface area contributed by atoms with E-state index >= 15 is 0 Å². The van der Waals surface area contributed by atoms with Crippen LogP contribution in [0.2, 0.25) is 0 Å². The quantitative estimate of drug-likeness (QED) is 0.698. The lowest BCUT2D eigenvalue weighted by atomic mass is 9.86. The lowest BCUT2D eigenvalue weighted by molar-refractivity contribution is -0.134. The summed E-state index contributed by atoms with van der Waals surface area (Å²) in [5.74, 6) is -2.23. The zero-order chi connectivity index (χ0) is 13.6. The number of rotatable bonds is 1. The van der Waals surface area contributed by atoms with Crippen molar-refractivity contribution in [3.63, 3.8) is 0 Å². The normalized spacial score (nSPS) is 22.0. The van der Waals surface area contributed by atoms with Gasteiger partial charge in [-0.25, -0.2) is 0 Å². The summed E-state index contributed by atoms with van der Waals surface area (Å²) in [5, 5.41) is 4.46. The maximum atomic E-state index is 11.8. The first-order valence-corrected chi connectivity index (χ1v) is 5.90. The van der Waals surface area contributed by atoms with E-state index in [1.165, 1.54) is 0 Å². The third kappa shape index (κ3) is 1.72. The Morgan fingerprint density at radius 3 is 2.53 bits per heavy atom. The molecule has 0 spiro atoms. The molecule has 0 aliphatic carbocycles. The smallest absolute Gasteiger partial charge is 0.259 e. The van der Waals surface area contributed by atoms with E-state index in [4.69, 9.17) is 0 Å². The highest BCUT2D eigenvalue weighted by atomic mass is 16.2. The number of piperidine rings is 1. The van der Waals surface area contributed by atoms with Crippen molar-refractivity contribution in [3.05, 3.63) is 34.9 Å². The van der Waals surface area contributed by atoms with Gasteiger partial charge < -0.3 is 0 Å². The summed E-state index contributed by atoms with van der Waals surface area (Å²) in [7, 11) is 0. The van der Waals surface area contributed by atoms with Crippen LogP contribution in [0.25, 0.3) is 0 Å². The lowest BCUT2D eigenvalue weighted by Gasteiger charge is -2.22. The summed E-state index contributed by atoms with van der Waals surface area (Å²) >= 11 is 0. The Hall–Kier alpha value is -2.50. The second kappa shape index (κ2) is 4.01. The number of benzene rings is 1. The molecule has 19 heavy (non-hydrogen) atoms. The van der Waals surface area contributed by atoms with Crippen LogP contribution in [-0.2, 0) is 9.59 Å². The molecule has 2 aliphatic heterocycles. The molecule has 0 saturated carbocycles. The van der Waals surface area contributed by atoms with Crippen LogP contribution in [0.5, 0.6) is 0 Å². The van der Waals surface area contributed by atoms with E-state index in [0.717, 1.165) is 0 Å². The van der Waals surface area contributed by atoms with E-state index in [9.17, 15) is 19.2 Å². The minimum absolute atomic E-state index is 0.232. The Balaban J connectivity index is 2.08. The van der Waals surface area contributed by atoms with Crippen LogP contribution in [0.1, 0.15) is 45.0 Å². The molecule has 1 saturated heterocycles. The van der Waals surface area contributed by atoms with E-state index in [1.54, 1.807) is 18.2 Å². The molecule has 3 rings (SSSR count). The SMILES string of the molecule is O=C1CC[C@@H](c2cccc3c2C(=O)NC3=O)C(=O)N1. The van der Waals surface area contributed by atoms with Gasteiger partial charge in [0.1, 0.15) is 0 Å². The van der Waals surface area contributed by atoms with Crippen molar-refractivity contribution in [2.45, 2.75) is 18.8 Å². The molecular formula is C13H10N2O4. The fourth-order valence-corrected chi connectivity index (χ4v) is 2.53. The van der Waals surface area contributed by atoms with Gasteiger partial charge in [-0.2, -0.15) is 0 Å². The molecule has 96 valence electrons. The van der Waals surface area contributed by atoms with Crippen molar-refractivity contribution in [1.82, 2.24) is 10.6 Å². The van der Waals surface area contributed by atoms with Gasteiger partial charge in [-0.1, -0.05) is 12.1 Å². The standard InChI is InChI=1S/C13H10N2O4/c16-9-5-4-7(11(17)14-9)6-2-1-3-8-10(6)13(19)15-12(8)18/h1-3,7H,4-5H2,(H,14,16,17)(H,15,18,19)/t7-/m0/s1. The van der Waals surface area contributed by atoms with Crippen LogP contribution in [0.15, 0.2) is 18.2 Å². The maximum Gasteiger partial charge on any atom is 0.259 e. The molecule has 0 unspecified atom stereocenters. The van der Waals surface area contributed by atoms with Crippen LogP contribution in [-0.4, -0.2) is 23.6 Å². The summed E-state index contributed by atoms with van der Waals surface area (Å²) in [5.41, 5.74) is 1.04. The molecule has 1 atom stereocenters. The van der Waals surface area contributed by atoms with E-state index in [1.807, 2.05) is 0 Å². The summed E-state index contributed by atoms with van der Waals surface area (Å²) in [6.45, 7) is 0. The van der Waals surface area contributed by atoms with Gasteiger partial charge in [-0.15, -0.1) is 0 Å². The number of amides is 4. The summed E-state index contributed by atoms with van der Waals surface area (Å²) in [6, 6.07) is 4.83. The van der Waals surface area contributed by atoms with Crippen LogP contribution in [0.3, 0.4) is 0 Å². The fraction of sp³-hybridized carbons (Fsp3) is 0.231. The Morgan fingerprint density at radius 1 is 1.00 bits per heavy atom. The number of hydrogen-bond donors (Lipinski definition) is 2. The van der Waals surface area contributed by atoms with Gasteiger partial charge in [-0.05, 0) is 18.1 Å². The van der Waals surface area contributed by atoms with Gasteiger partial charge in [0.15, 0.2) is 0 Å². The van der Waals surface area contributed by atoms with E-state index < -0.39 is 23.6 Å². The third-order valence-corrected chi connectivity index (χ3v) is 3.41. The average Bonchev–Trinajstić information content (AvgIpc) is 2.65. The Kier molecular flexibility index (Phi) is 2.45. The number of carbonyl (C=O) groups is 4. The highest BCUT2D eigenvalue weighted by molar-refractivity contribution is 6.22. The fourth-order valence-electron chi connectivity index (χ4n) is 2.53. The molecule has 1 aromatic rings. The molecule has 0 bridgehead atoms. The van der Waals surface area contributed by atoms with Crippen molar-refractivity contribution >= 4 is 23.6 Å². The van der Waals surface area contributed by atoms with Gasteiger partial charge in [-0.3, -0.25) is 29.8 Å². The number of imide groups is 2. The number of hydrogen-bond acceptors (Lipinski definition) is 4. The second-order valence-electron chi connectivity index (χ2n) is 4.56. The Bertz CT molecular complexity index is 636. The Morgan fingerprint density at radius 2 is 1.79 bits per heavy atom. The molecule has 1 aromatic carbocycles. The highest BCUT2D eigenvalue weighted by Crippen LogP contribution is 2.31. The maximum absolute atomic E-state index is 11.8. The molecule has 6 heteroatoms. The molecule has 2 heterocycles. The van der Waals surface area contributed by atoms with Crippen LogP contribution < -0.4 is 10.6 Å². The number of nitrogens with one attached hydrogen (secondary N) is 2. The summed E-state index contributed by atoms with van der Waals surface area (Å²) in [4.78, 5) is 46.3. The minimum atomic E-state index is -0.565. The zero-order valence-electron chi connectivity index (χ0n) is 9.86. The van der Waals surface area contributed by atoms with Crippen LogP contribution >= 0.6 is 0 Å². The van der Waals surface area contributed by atoms with Crippen molar-refractivity contribution in [1.29, 1.82) is 0 Å². The number of carbonyl (C=O) groups excluding carboxylic acids is 4. The summed E-state index contributed by atoms with van der Waals surface area (Å²) in [6.07, 6.45) is 0.582. The van der Waals surface area contributed by atoms with Gasteiger partial charge in [0.05, 0.1) is 17.0 Å². The second-order valence-corrected chi connectivity index (χ2v) is 4.56. The van der Waals surface area contributed by atoms with Crippen molar-refractivity contribution < 1.29 is 19.2 Å². The van der Waals surface area contributed by atoms with Crippen molar-refractivity contribution in [2.24, 2.45) is 0 Å². The van der Waals surface area contributed by atoms with Gasteiger partial charge >= 0.3 is 0 Å². The molecule has 0 radical (unpaired) electrons. The largest absolute Gasteiger partial charge is 0.296 e. The topological polar surface area (TPSA) is 92.3 Å². The van der Waals surface area contributed by atoms with Crippen LogP contribution in [0.4, 0.5) is 0 Å². The number of fused-ring (bicyclic) bond motifs is 1. The first-order chi connectivity index (χ1) is 9.08. The average molecular weight is 258 g/mol. The molecule has 4 amide bonds. The molecule has 6 nitrogen and oxygen atoms in total. The van der Waals surface area contributed by atoms with E-state index in [0.29, 0.717) is 12.0 Å². The molecule has 0 aromatic heterocycles. The molecule has 1 fully saturated rings. The van der Waals surface area contributed by atoms with Crippen molar-refractivity contribution in [3.8, 4) is 0 Å². The first kappa shape index (κ1) is 11.6. The van der Waals surface area contributed by atoms with E-state index in [2.05, 4.69) is 10.6 Å². The van der Waals surface area contributed by atoms with Crippen molar-refractivity contribution in [2.75, 3.05) is 0 Å². The Labute approximate surface area is 108 Å². The predicted molar refractivity (Wildman–Crippen MR) is 63.4 cm³/mol. The zero-order valence-corrected chi connectivity index (χ0v) is 9.86. The minimum Gasteiger partial charge on any atom is -0.296 e. The molecular weight excluding hydrogens is 248 g/mol. The van der Waals surface area contributed by atoms with Gasteiger partial charge in [0.2, 0.25) is 11.8 Å². The predicted octanol–water partition coefficient (Wildman–Crippen LogP) is 0.0904. The molecule has 2 N–H and O–H groups in total. The van der Waals surface area contributed by atoms with E-state index in [-0.39, 0.29) is 23.5 Å². The lowest BCUT2D eigenvalue weighted by Crippen LogP contribution is -2.40. The van der Waals surface area contributed by atoms with Crippen LogP contribution in [0, 0.1) is 0 Å². The molecule has 2 aliphatic rings. The third-order valence-electron chi connectivity index (χ3n) is 3.41. The monoisotopic (exact) mass is 258 g/mol. The first-order valence-electron chi connectivity index (χ1n) is 5.90. The van der Waals surface area contributed by atoms with Gasteiger partial charge in [0, 0.05) is 6.42 Å². The van der Waals surface area contributed by atoms with Gasteiger partial charge in [0.25, 0.3) is 11.8 Å². The highest BCUT2D eigenvalue weighted by Gasteiger charge is 2.35. The summed E-state index contributed by atoms with van der Waals surface area (Å²) < 4.78 is 0.